The number of hydrogen-bond acceptors (Lipinski definition) is 5. The lowest BCUT2D eigenvalue weighted by Gasteiger charge is -2.35. The van der Waals surface area contributed by atoms with Crippen LogP contribution in [0.15, 0.2) is 4.99 Å². The second kappa shape index (κ2) is 10.7. The van der Waals surface area contributed by atoms with Gasteiger partial charge in [0, 0.05) is 59.4 Å². The van der Waals surface area contributed by atoms with Gasteiger partial charge in [-0.25, -0.2) is 0 Å². The Bertz CT molecular complexity index is 455. The van der Waals surface area contributed by atoms with E-state index in [1.165, 1.54) is 0 Å². The number of hydrogen-bond donors (Lipinski definition) is 1. The Kier molecular flexibility index (Phi) is 8.65. The number of piperazine rings is 1. The molecule has 1 unspecified atom stereocenters. The lowest BCUT2D eigenvalue weighted by molar-refractivity contribution is -0.149. The molecule has 1 N–H and O–H groups in total. The van der Waals surface area contributed by atoms with Gasteiger partial charge in [-0.2, -0.15) is 0 Å². The van der Waals surface area contributed by atoms with Gasteiger partial charge in [0.1, 0.15) is 0 Å². The predicted molar refractivity (Wildman–Crippen MR) is 105 cm³/mol. The molecule has 2 saturated heterocycles. The fourth-order valence-electron chi connectivity index (χ4n) is 3.72. The average Bonchev–Trinajstić information content (AvgIpc) is 2.65. The number of carbonyl (C=O) groups is 1. The Morgan fingerprint density at radius 1 is 1.19 bits per heavy atom. The van der Waals surface area contributed by atoms with Crippen LogP contribution in [0.1, 0.15) is 26.7 Å². The molecule has 0 aromatic rings. The zero-order valence-electron chi connectivity index (χ0n) is 17.0. The van der Waals surface area contributed by atoms with Crippen molar-refractivity contribution in [3.05, 3.63) is 0 Å². The molecule has 0 aliphatic carbocycles. The van der Waals surface area contributed by atoms with Crippen molar-refractivity contribution in [1.29, 1.82) is 0 Å². The number of likely N-dealkylation sites (N-methyl/N-ethyl adjacent to an activating group) is 1. The van der Waals surface area contributed by atoms with Crippen LogP contribution in [0.4, 0.5) is 0 Å². The van der Waals surface area contributed by atoms with E-state index in [0.717, 1.165) is 71.2 Å². The zero-order chi connectivity index (χ0) is 18.9. The van der Waals surface area contributed by atoms with E-state index >= 15 is 0 Å². The molecule has 0 bridgehead atoms. The van der Waals surface area contributed by atoms with Crippen molar-refractivity contribution in [1.82, 2.24) is 20.0 Å². The molecule has 1 atom stereocenters. The lowest BCUT2D eigenvalue weighted by Crippen LogP contribution is -2.49. The number of piperidine rings is 1. The van der Waals surface area contributed by atoms with Gasteiger partial charge in [-0.3, -0.25) is 9.79 Å². The van der Waals surface area contributed by atoms with Crippen LogP contribution in [-0.2, 0) is 9.53 Å². The lowest BCUT2D eigenvalue weighted by atomic mass is 9.97. The Hall–Kier alpha value is -1.34. The molecule has 0 saturated carbocycles. The molecule has 26 heavy (non-hydrogen) atoms. The standard InChI is InChI=1S/C19H37N5O2/c1-5-26-18(25)17-6-8-24(9-7-17)19(20-3)21-14-16(2)15-23-12-10-22(4)11-13-23/h16-17H,5-15H2,1-4H3,(H,20,21). The minimum absolute atomic E-state index is 0.0421. The summed E-state index contributed by atoms with van der Waals surface area (Å²) in [6.07, 6.45) is 1.69. The molecular formula is C19H37N5O2. The summed E-state index contributed by atoms with van der Waals surface area (Å²) >= 11 is 0. The number of guanidine groups is 1. The first-order chi connectivity index (χ1) is 12.5. The molecule has 2 heterocycles. The van der Waals surface area contributed by atoms with E-state index in [1.54, 1.807) is 0 Å². The summed E-state index contributed by atoms with van der Waals surface area (Å²) in [6, 6.07) is 0. The topological polar surface area (TPSA) is 60.4 Å². The molecule has 0 aromatic carbocycles. The summed E-state index contributed by atoms with van der Waals surface area (Å²) in [5, 5.41) is 3.53. The third kappa shape index (κ3) is 6.43. The fourth-order valence-corrected chi connectivity index (χ4v) is 3.72. The number of nitrogens with one attached hydrogen (secondary N) is 1. The van der Waals surface area contributed by atoms with Crippen LogP contribution in [0.3, 0.4) is 0 Å². The number of carbonyl (C=O) groups excluding carboxylic acids is 1. The van der Waals surface area contributed by atoms with Crippen LogP contribution in [0.2, 0.25) is 0 Å². The number of ether oxygens (including phenoxy) is 1. The Morgan fingerprint density at radius 3 is 2.42 bits per heavy atom. The summed E-state index contributed by atoms with van der Waals surface area (Å²) in [6.45, 7) is 13.1. The summed E-state index contributed by atoms with van der Waals surface area (Å²) in [5.74, 6) is 1.53. The van der Waals surface area contributed by atoms with Gasteiger partial charge in [-0.1, -0.05) is 6.92 Å². The first-order valence-electron chi connectivity index (χ1n) is 10.1. The minimum atomic E-state index is -0.0455. The zero-order valence-corrected chi connectivity index (χ0v) is 17.0. The maximum Gasteiger partial charge on any atom is 0.309 e. The molecule has 2 rings (SSSR count). The highest BCUT2D eigenvalue weighted by Gasteiger charge is 2.27. The molecular weight excluding hydrogens is 330 g/mol. The molecule has 2 fully saturated rings. The summed E-state index contributed by atoms with van der Waals surface area (Å²) in [7, 11) is 4.03. The van der Waals surface area contributed by atoms with Gasteiger partial charge in [0.25, 0.3) is 0 Å². The molecule has 0 aromatic heterocycles. The van der Waals surface area contributed by atoms with E-state index in [4.69, 9.17) is 4.74 Å². The second-order valence-electron chi connectivity index (χ2n) is 7.65. The predicted octanol–water partition coefficient (Wildman–Crippen LogP) is 0.720. The Labute approximate surface area is 158 Å². The molecule has 7 heteroatoms. The number of likely N-dealkylation sites (tertiary alicyclic amines) is 1. The minimum Gasteiger partial charge on any atom is -0.466 e. The first kappa shape index (κ1) is 21.0. The summed E-state index contributed by atoms with van der Waals surface area (Å²) in [4.78, 5) is 23.5. The van der Waals surface area contributed by atoms with E-state index in [2.05, 4.69) is 39.0 Å². The van der Waals surface area contributed by atoms with Crippen LogP contribution in [0.25, 0.3) is 0 Å². The number of nitrogens with zero attached hydrogens (tertiary/aromatic N) is 4. The number of esters is 1. The van der Waals surface area contributed by atoms with E-state index < -0.39 is 0 Å². The van der Waals surface area contributed by atoms with Crippen LogP contribution in [0.5, 0.6) is 0 Å². The summed E-state index contributed by atoms with van der Waals surface area (Å²) < 4.78 is 5.15. The maximum absolute atomic E-state index is 11.9. The highest BCUT2D eigenvalue weighted by molar-refractivity contribution is 5.80. The van der Waals surface area contributed by atoms with Gasteiger partial charge in [-0.15, -0.1) is 0 Å². The van der Waals surface area contributed by atoms with Crippen LogP contribution >= 0.6 is 0 Å². The maximum atomic E-state index is 11.9. The van der Waals surface area contributed by atoms with E-state index in [0.29, 0.717) is 12.5 Å². The smallest absolute Gasteiger partial charge is 0.309 e. The molecule has 150 valence electrons. The highest BCUT2D eigenvalue weighted by Crippen LogP contribution is 2.18. The quantitative estimate of drug-likeness (QED) is 0.424. The van der Waals surface area contributed by atoms with E-state index in [1.807, 2.05) is 14.0 Å². The number of rotatable bonds is 6. The molecule has 2 aliphatic rings. The van der Waals surface area contributed by atoms with E-state index in [9.17, 15) is 4.79 Å². The van der Waals surface area contributed by atoms with Gasteiger partial charge >= 0.3 is 5.97 Å². The fraction of sp³-hybridized carbons (Fsp3) is 0.895. The van der Waals surface area contributed by atoms with Crippen molar-refractivity contribution < 1.29 is 9.53 Å². The van der Waals surface area contributed by atoms with Crippen molar-refractivity contribution in [3.63, 3.8) is 0 Å². The van der Waals surface area contributed by atoms with Crippen molar-refractivity contribution in [2.75, 3.05) is 73.1 Å². The van der Waals surface area contributed by atoms with Crippen molar-refractivity contribution >= 4 is 11.9 Å². The molecule has 0 spiro atoms. The Morgan fingerprint density at radius 2 is 1.85 bits per heavy atom. The van der Waals surface area contributed by atoms with Crippen molar-refractivity contribution in [3.8, 4) is 0 Å². The number of aliphatic imine (C=N–C) groups is 1. The van der Waals surface area contributed by atoms with Gasteiger partial charge in [0.2, 0.25) is 0 Å². The SMILES string of the molecule is CCOC(=O)C1CCN(C(=NC)NCC(C)CN2CCN(C)CC2)CC1. The average molecular weight is 368 g/mol. The molecule has 7 nitrogen and oxygen atoms in total. The van der Waals surface area contributed by atoms with Gasteiger partial charge < -0.3 is 24.8 Å². The van der Waals surface area contributed by atoms with Gasteiger partial charge in [0.05, 0.1) is 12.5 Å². The van der Waals surface area contributed by atoms with Crippen LogP contribution in [-0.4, -0.2) is 99.7 Å². The van der Waals surface area contributed by atoms with E-state index in [-0.39, 0.29) is 11.9 Å². The third-order valence-corrected chi connectivity index (χ3v) is 5.40. The first-order valence-corrected chi connectivity index (χ1v) is 10.1. The van der Waals surface area contributed by atoms with Gasteiger partial charge in [-0.05, 0) is 32.7 Å². The Balaban J connectivity index is 1.70. The monoisotopic (exact) mass is 367 g/mol. The van der Waals surface area contributed by atoms with Crippen LogP contribution < -0.4 is 5.32 Å². The largest absolute Gasteiger partial charge is 0.466 e. The van der Waals surface area contributed by atoms with Crippen molar-refractivity contribution in [2.45, 2.75) is 26.7 Å². The highest BCUT2D eigenvalue weighted by atomic mass is 16.5. The summed E-state index contributed by atoms with van der Waals surface area (Å²) in [5.41, 5.74) is 0. The molecule has 2 aliphatic heterocycles. The van der Waals surface area contributed by atoms with Gasteiger partial charge in [0.15, 0.2) is 5.96 Å². The third-order valence-electron chi connectivity index (χ3n) is 5.40. The molecule has 0 radical (unpaired) electrons. The second-order valence-corrected chi connectivity index (χ2v) is 7.65. The molecule has 0 amide bonds. The normalized spacial score (nSPS) is 22.3. The van der Waals surface area contributed by atoms with Crippen molar-refractivity contribution in [2.24, 2.45) is 16.8 Å². The van der Waals surface area contributed by atoms with Crippen LogP contribution in [0, 0.1) is 11.8 Å².